The summed E-state index contributed by atoms with van der Waals surface area (Å²) < 4.78 is 11.1. The monoisotopic (exact) mass is 395 g/mol. The number of methoxy groups -OCH3 is 2. The molecule has 2 aliphatic rings. The van der Waals surface area contributed by atoms with Crippen molar-refractivity contribution in [3.05, 3.63) is 54.1 Å². The summed E-state index contributed by atoms with van der Waals surface area (Å²) in [7, 11) is 3.52. The maximum atomic E-state index is 5.56. The van der Waals surface area contributed by atoms with Gasteiger partial charge in [-0.15, -0.1) is 0 Å². The number of hydrogen-bond donors (Lipinski definition) is 0. The second-order valence-electron chi connectivity index (χ2n) is 8.04. The Morgan fingerprint density at radius 2 is 1.52 bits per heavy atom. The Morgan fingerprint density at radius 1 is 0.828 bits per heavy atom. The van der Waals surface area contributed by atoms with E-state index in [1.54, 1.807) is 14.2 Å². The van der Waals surface area contributed by atoms with Gasteiger partial charge >= 0.3 is 0 Å². The number of piperazine rings is 1. The van der Waals surface area contributed by atoms with Crippen molar-refractivity contribution in [2.24, 2.45) is 0 Å². The first-order chi connectivity index (χ1) is 14.3. The Balaban J connectivity index is 1.34. The zero-order valence-corrected chi connectivity index (χ0v) is 17.7. The van der Waals surface area contributed by atoms with Gasteiger partial charge in [-0.25, -0.2) is 0 Å². The van der Waals surface area contributed by atoms with Gasteiger partial charge in [0.05, 0.1) is 19.9 Å². The lowest BCUT2D eigenvalue weighted by Gasteiger charge is -2.44. The van der Waals surface area contributed by atoms with E-state index in [9.17, 15) is 0 Å². The molecule has 0 bridgehead atoms. The van der Waals surface area contributed by atoms with Crippen molar-refractivity contribution in [2.45, 2.75) is 25.4 Å². The number of piperidine rings is 1. The smallest absolute Gasteiger partial charge is 0.142 e. The molecule has 156 valence electrons. The van der Waals surface area contributed by atoms with Crippen molar-refractivity contribution in [3.63, 3.8) is 0 Å². The number of hydrogen-bond acceptors (Lipinski definition) is 5. The first-order valence-corrected chi connectivity index (χ1v) is 10.7. The van der Waals surface area contributed by atoms with E-state index in [2.05, 4.69) is 51.1 Å². The highest BCUT2D eigenvalue weighted by Gasteiger charge is 2.29. The van der Waals surface area contributed by atoms with E-state index in [0.29, 0.717) is 6.04 Å². The Bertz CT molecular complexity index is 789. The maximum absolute atomic E-state index is 5.56. The summed E-state index contributed by atoms with van der Waals surface area (Å²) in [6.45, 7) is 7.65. The molecule has 2 saturated heterocycles. The predicted octanol–water partition coefficient (Wildman–Crippen LogP) is 3.49. The number of nitrogens with zero attached hydrogens (tertiary/aromatic N) is 3. The summed E-state index contributed by atoms with van der Waals surface area (Å²) in [4.78, 5) is 7.75. The van der Waals surface area contributed by atoms with Gasteiger partial charge < -0.3 is 14.4 Å². The SMILES string of the molecule is COc1ccccc1CN1CCC[C@@H](N2CCN(c3ccccc3OC)CC2)C1. The molecule has 2 heterocycles. The molecule has 5 nitrogen and oxygen atoms in total. The fourth-order valence-corrected chi connectivity index (χ4v) is 4.77. The molecule has 0 N–H and O–H groups in total. The van der Waals surface area contributed by atoms with Crippen LogP contribution in [0.3, 0.4) is 0 Å². The summed E-state index contributed by atoms with van der Waals surface area (Å²) in [5.74, 6) is 1.97. The highest BCUT2D eigenvalue weighted by atomic mass is 16.5. The first-order valence-electron chi connectivity index (χ1n) is 10.7. The van der Waals surface area contributed by atoms with E-state index in [1.165, 1.54) is 30.6 Å². The number of likely N-dealkylation sites (tertiary alicyclic amines) is 1. The fraction of sp³-hybridized carbons (Fsp3) is 0.500. The van der Waals surface area contributed by atoms with Gasteiger partial charge in [0.25, 0.3) is 0 Å². The lowest BCUT2D eigenvalue weighted by atomic mass is 10.0. The third-order valence-corrected chi connectivity index (χ3v) is 6.32. The molecule has 2 aromatic rings. The van der Waals surface area contributed by atoms with Crippen LogP contribution in [0.4, 0.5) is 5.69 Å². The molecule has 2 aromatic carbocycles. The number of ether oxygens (including phenoxy) is 2. The summed E-state index contributed by atoms with van der Waals surface area (Å²) in [6, 6.07) is 17.4. The van der Waals surface area contributed by atoms with E-state index in [0.717, 1.165) is 50.8 Å². The molecule has 0 amide bonds. The molecule has 0 aliphatic carbocycles. The zero-order chi connectivity index (χ0) is 20.1. The van der Waals surface area contributed by atoms with Gasteiger partial charge in [0.2, 0.25) is 0 Å². The van der Waals surface area contributed by atoms with Gasteiger partial charge in [-0.3, -0.25) is 9.80 Å². The van der Waals surface area contributed by atoms with Crippen LogP contribution in [0.1, 0.15) is 18.4 Å². The fourth-order valence-electron chi connectivity index (χ4n) is 4.77. The second kappa shape index (κ2) is 9.51. The van der Waals surface area contributed by atoms with E-state index >= 15 is 0 Å². The van der Waals surface area contributed by atoms with E-state index < -0.39 is 0 Å². The van der Waals surface area contributed by atoms with Crippen LogP contribution in [0.5, 0.6) is 11.5 Å². The van der Waals surface area contributed by atoms with Crippen LogP contribution in [0.2, 0.25) is 0 Å². The molecule has 0 saturated carbocycles. The molecule has 0 aromatic heterocycles. The molecule has 0 spiro atoms. The lowest BCUT2D eigenvalue weighted by Crippen LogP contribution is -2.55. The first kappa shape index (κ1) is 20.0. The number of rotatable bonds is 6. The minimum absolute atomic E-state index is 0.651. The molecule has 1 atom stereocenters. The second-order valence-corrected chi connectivity index (χ2v) is 8.04. The van der Waals surface area contributed by atoms with Crippen LogP contribution in [-0.4, -0.2) is 69.3 Å². The van der Waals surface area contributed by atoms with Crippen molar-refractivity contribution >= 4 is 5.69 Å². The average Bonchev–Trinajstić information content (AvgIpc) is 2.80. The van der Waals surface area contributed by atoms with Crippen LogP contribution in [0.25, 0.3) is 0 Å². The van der Waals surface area contributed by atoms with Gasteiger partial charge in [-0.05, 0) is 37.6 Å². The van der Waals surface area contributed by atoms with Crippen molar-refractivity contribution in [1.82, 2.24) is 9.80 Å². The van der Waals surface area contributed by atoms with Crippen molar-refractivity contribution in [2.75, 3.05) is 58.4 Å². The molecule has 2 fully saturated rings. The van der Waals surface area contributed by atoms with E-state index in [1.807, 2.05) is 12.1 Å². The third kappa shape index (κ3) is 4.68. The van der Waals surface area contributed by atoms with Crippen LogP contribution < -0.4 is 14.4 Å². The Labute approximate surface area is 174 Å². The van der Waals surface area contributed by atoms with Gasteiger partial charge in [-0.2, -0.15) is 0 Å². The molecule has 29 heavy (non-hydrogen) atoms. The van der Waals surface area contributed by atoms with Gasteiger partial charge in [0.1, 0.15) is 11.5 Å². The van der Waals surface area contributed by atoms with Crippen LogP contribution in [0.15, 0.2) is 48.5 Å². The largest absolute Gasteiger partial charge is 0.496 e. The van der Waals surface area contributed by atoms with Crippen LogP contribution in [-0.2, 0) is 6.54 Å². The molecule has 2 aliphatic heterocycles. The lowest BCUT2D eigenvalue weighted by molar-refractivity contribution is 0.0882. The average molecular weight is 396 g/mol. The summed E-state index contributed by atoms with van der Waals surface area (Å²) in [5.41, 5.74) is 2.51. The third-order valence-electron chi connectivity index (χ3n) is 6.32. The number of benzene rings is 2. The molecule has 5 heteroatoms. The van der Waals surface area contributed by atoms with E-state index in [-0.39, 0.29) is 0 Å². The molecule has 0 radical (unpaired) electrons. The molecule has 4 rings (SSSR count). The minimum atomic E-state index is 0.651. The van der Waals surface area contributed by atoms with Crippen molar-refractivity contribution < 1.29 is 9.47 Å². The highest BCUT2D eigenvalue weighted by molar-refractivity contribution is 5.58. The van der Waals surface area contributed by atoms with E-state index in [4.69, 9.17) is 9.47 Å². The maximum Gasteiger partial charge on any atom is 0.142 e. The van der Waals surface area contributed by atoms with Crippen molar-refractivity contribution in [3.8, 4) is 11.5 Å². The standard InChI is InChI=1S/C24H33N3O2/c1-28-23-11-5-3-8-20(23)18-25-13-7-9-21(19-25)26-14-16-27(17-15-26)22-10-4-6-12-24(22)29-2/h3-6,8,10-12,21H,7,9,13-19H2,1-2H3/t21-/m1/s1. The van der Waals surface area contributed by atoms with Crippen LogP contribution in [0, 0.1) is 0 Å². The Kier molecular flexibility index (Phi) is 6.57. The zero-order valence-electron chi connectivity index (χ0n) is 17.7. The van der Waals surface area contributed by atoms with Gasteiger partial charge in [0.15, 0.2) is 0 Å². The summed E-state index contributed by atoms with van der Waals surface area (Å²) in [6.07, 6.45) is 2.57. The quantitative estimate of drug-likeness (QED) is 0.747. The normalized spacial score (nSPS) is 21.2. The summed E-state index contributed by atoms with van der Waals surface area (Å²) >= 11 is 0. The van der Waals surface area contributed by atoms with Crippen LogP contribution >= 0.6 is 0 Å². The van der Waals surface area contributed by atoms with Gasteiger partial charge in [-0.1, -0.05) is 30.3 Å². The highest BCUT2D eigenvalue weighted by Crippen LogP contribution is 2.29. The predicted molar refractivity (Wildman–Crippen MR) is 118 cm³/mol. The minimum Gasteiger partial charge on any atom is -0.496 e. The summed E-state index contributed by atoms with van der Waals surface area (Å²) in [5, 5.41) is 0. The Morgan fingerprint density at radius 3 is 2.28 bits per heavy atom. The topological polar surface area (TPSA) is 28.2 Å². The number of anilines is 1. The Hall–Kier alpha value is -2.24. The number of para-hydroxylation sites is 3. The molecule has 0 unspecified atom stereocenters. The van der Waals surface area contributed by atoms with Crippen molar-refractivity contribution in [1.29, 1.82) is 0 Å². The van der Waals surface area contributed by atoms with Gasteiger partial charge in [0, 0.05) is 50.9 Å². The molecular formula is C24H33N3O2. The molecular weight excluding hydrogens is 362 g/mol.